The Kier molecular flexibility index (Phi) is 10.5. The molecule has 0 saturated carbocycles. The van der Waals surface area contributed by atoms with Crippen LogP contribution >= 0.6 is 35.5 Å². The summed E-state index contributed by atoms with van der Waals surface area (Å²) in [6.45, 7) is 2.89. The molecule has 0 fully saturated rings. The molecular formula is C11H19ClN2O2S2. The van der Waals surface area contributed by atoms with Crippen LogP contribution in [0.15, 0.2) is 16.3 Å². The lowest BCUT2D eigenvalue weighted by atomic mass is 10.4. The monoisotopic (exact) mass is 310 g/mol. The molecule has 18 heavy (non-hydrogen) atoms. The van der Waals surface area contributed by atoms with Crippen LogP contribution < -0.4 is 10.6 Å². The van der Waals surface area contributed by atoms with Gasteiger partial charge in [-0.25, -0.2) is 0 Å². The Labute approximate surface area is 122 Å². The van der Waals surface area contributed by atoms with E-state index < -0.39 is 0 Å². The van der Waals surface area contributed by atoms with E-state index in [2.05, 4.69) is 10.6 Å². The smallest absolute Gasteiger partial charge is 0.262 e. The van der Waals surface area contributed by atoms with Crippen molar-refractivity contribution in [2.45, 2.75) is 4.90 Å². The van der Waals surface area contributed by atoms with E-state index in [9.17, 15) is 4.79 Å². The lowest BCUT2D eigenvalue weighted by Gasteiger charge is -2.06. The Hall–Kier alpha value is -0.270. The molecule has 4 nitrogen and oxygen atoms in total. The maximum absolute atomic E-state index is 11.8. The number of hydrogen-bond donors (Lipinski definition) is 2. The van der Waals surface area contributed by atoms with E-state index in [4.69, 9.17) is 4.74 Å². The number of carbonyl (C=O) groups is 1. The summed E-state index contributed by atoms with van der Waals surface area (Å²) in [5, 5.41) is 8.01. The molecule has 0 bridgehead atoms. The van der Waals surface area contributed by atoms with Crippen LogP contribution in [0.4, 0.5) is 0 Å². The standard InChI is InChI=1S/C11H18N2O2S2.ClH/c1-15-7-6-12-4-5-13-11(14)10-9(16-2)3-8-17-10;/h3,8,12H,4-7H2,1-2H3,(H,13,14);1H. The zero-order valence-electron chi connectivity index (χ0n) is 10.5. The number of hydrogen-bond acceptors (Lipinski definition) is 5. The minimum Gasteiger partial charge on any atom is -0.383 e. The summed E-state index contributed by atoms with van der Waals surface area (Å²) in [4.78, 5) is 13.6. The predicted octanol–water partition coefficient (Wildman–Crippen LogP) is 1.86. The molecule has 1 amide bonds. The maximum atomic E-state index is 11.8. The fourth-order valence-electron chi connectivity index (χ4n) is 1.27. The Morgan fingerprint density at radius 3 is 2.89 bits per heavy atom. The fraction of sp³-hybridized carbons (Fsp3) is 0.545. The first-order valence-corrected chi connectivity index (χ1v) is 7.49. The molecule has 0 aliphatic carbocycles. The quantitative estimate of drug-likeness (QED) is 0.568. The summed E-state index contributed by atoms with van der Waals surface area (Å²) in [6.07, 6.45) is 1.98. The van der Waals surface area contributed by atoms with Crippen LogP contribution in [-0.2, 0) is 4.74 Å². The molecule has 0 unspecified atom stereocenters. The minimum absolute atomic E-state index is 0. The van der Waals surface area contributed by atoms with Gasteiger partial charge in [-0.15, -0.1) is 35.5 Å². The first-order valence-electron chi connectivity index (χ1n) is 5.39. The van der Waals surface area contributed by atoms with Crippen molar-refractivity contribution in [3.05, 3.63) is 16.3 Å². The van der Waals surface area contributed by atoms with Crippen molar-refractivity contribution in [3.8, 4) is 0 Å². The molecule has 0 atom stereocenters. The highest BCUT2D eigenvalue weighted by Crippen LogP contribution is 2.25. The van der Waals surface area contributed by atoms with Crippen LogP contribution in [0.25, 0.3) is 0 Å². The van der Waals surface area contributed by atoms with Gasteiger partial charge in [-0.05, 0) is 17.7 Å². The van der Waals surface area contributed by atoms with Crippen molar-refractivity contribution in [1.82, 2.24) is 10.6 Å². The van der Waals surface area contributed by atoms with E-state index in [1.165, 1.54) is 11.3 Å². The average molecular weight is 311 g/mol. The molecule has 7 heteroatoms. The largest absolute Gasteiger partial charge is 0.383 e. The number of rotatable bonds is 8. The summed E-state index contributed by atoms with van der Waals surface area (Å²) in [6, 6.07) is 1.97. The number of amides is 1. The summed E-state index contributed by atoms with van der Waals surface area (Å²) in [5.41, 5.74) is 0. The van der Waals surface area contributed by atoms with Gasteiger partial charge in [0.25, 0.3) is 5.91 Å². The average Bonchev–Trinajstić information content (AvgIpc) is 2.81. The van der Waals surface area contributed by atoms with Gasteiger partial charge in [0, 0.05) is 31.6 Å². The van der Waals surface area contributed by atoms with Crippen LogP contribution in [0.5, 0.6) is 0 Å². The Morgan fingerprint density at radius 1 is 1.44 bits per heavy atom. The van der Waals surface area contributed by atoms with E-state index in [1.54, 1.807) is 18.9 Å². The van der Waals surface area contributed by atoms with Gasteiger partial charge >= 0.3 is 0 Å². The van der Waals surface area contributed by atoms with Crippen LogP contribution in [0.1, 0.15) is 9.67 Å². The number of carbonyl (C=O) groups excluding carboxylic acids is 1. The lowest BCUT2D eigenvalue weighted by Crippen LogP contribution is -2.32. The van der Waals surface area contributed by atoms with E-state index >= 15 is 0 Å². The van der Waals surface area contributed by atoms with Gasteiger partial charge in [0.1, 0.15) is 4.88 Å². The van der Waals surface area contributed by atoms with E-state index in [0.717, 1.165) is 22.9 Å². The van der Waals surface area contributed by atoms with Crippen molar-refractivity contribution in [3.63, 3.8) is 0 Å². The van der Waals surface area contributed by atoms with Gasteiger partial charge in [0.2, 0.25) is 0 Å². The van der Waals surface area contributed by atoms with Gasteiger partial charge in [-0.3, -0.25) is 4.79 Å². The summed E-state index contributed by atoms with van der Waals surface area (Å²) < 4.78 is 4.91. The molecule has 1 rings (SSSR count). The van der Waals surface area contributed by atoms with E-state index in [0.29, 0.717) is 13.2 Å². The molecule has 0 aliphatic heterocycles. The zero-order valence-corrected chi connectivity index (χ0v) is 13.0. The van der Waals surface area contributed by atoms with Gasteiger partial charge < -0.3 is 15.4 Å². The molecule has 0 aliphatic rings. The highest BCUT2D eigenvalue weighted by atomic mass is 35.5. The van der Waals surface area contributed by atoms with Gasteiger partial charge in [0.15, 0.2) is 0 Å². The van der Waals surface area contributed by atoms with Crippen molar-refractivity contribution in [1.29, 1.82) is 0 Å². The molecule has 1 heterocycles. The highest BCUT2D eigenvalue weighted by Gasteiger charge is 2.11. The van der Waals surface area contributed by atoms with Crippen LogP contribution in [0.3, 0.4) is 0 Å². The number of halogens is 1. The minimum atomic E-state index is 0. The summed E-state index contributed by atoms with van der Waals surface area (Å²) in [7, 11) is 1.67. The van der Waals surface area contributed by atoms with Crippen LogP contribution in [0.2, 0.25) is 0 Å². The SMILES string of the molecule is COCCNCCNC(=O)c1sccc1SC.Cl. The topological polar surface area (TPSA) is 50.4 Å². The third kappa shape index (κ3) is 6.06. The fourth-order valence-corrected chi connectivity index (χ4v) is 2.93. The second kappa shape index (κ2) is 10.6. The van der Waals surface area contributed by atoms with Gasteiger partial charge in [0.05, 0.1) is 6.61 Å². The Morgan fingerprint density at radius 2 is 2.22 bits per heavy atom. The number of ether oxygens (including phenoxy) is 1. The molecular weight excluding hydrogens is 292 g/mol. The number of nitrogens with one attached hydrogen (secondary N) is 2. The first kappa shape index (κ1) is 17.7. The van der Waals surface area contributed by atoms with E-state index in [-0.39, 0.29) is 18.3 Å². The Bertz CT molecular complexity index is 348. The molecule has 2 N–H and O–H groups in total. The van der Waals surface area contributed by atoms with Crippen LogP contribution in [-0.4, -0.2) is 45.5 Å². The van der Waals surface area contributed by atoms with Crippen LogP contribution in [0, 0.1) is 0 Å². The molecule has 0 aromatic carbocycles. The Balaban J connectivity index is 0.00000289. The lowest BCUT2D eigenvalue weighted by molar-refractivity contribution is 0.0955. The first-order chi connectivity index (χ1) is 8.29. The summed E-state index contributed by atoms with van der Waals surface area (Å²) in [5.74, 6) is 0.0119. The maximum Gasteiger partial charge on any atom is 0.262 e. The predicted molar refractivity (Wildman–Crippen MR) is 80.4 cm³/mol. The van der Waals surface area contributed by atoms with Gasteiger partial charge in [-0.2, -0.15) is 0 Å². The molecule has 0 radical (unpaired) electrons. The number of thiophene rings is 1. The molecule has 1 aromatic heterocycles. The third-order valence-corrected chi connectivity index (χ3v) is 3.95. The van der Waals surface area contributed by atoms with Crippen molar-refractivity contribution in [2.24, 2.45) is 0 Å². The normalized spacial score (nSPS) is 9.89. The number of methoxy groups -OCH3 is 1. The second-order valence-corrected chi connectivity index (χ2v) is 5.08. The second-order valence-electron chi connectivity index (χ2n) is 3.32. The summed E-state index contributed by atoms with van der Waals surface area (Å²) >= 11 is 3.08. The molecule has 0 saturated heterocycles. The van der Waals surface area contributed by atoms with Crippen molar-refractivity contribution < 1.29 is 9.53 Å². The number of thioether (sulfide) groups is 1. The molecule has 1 aromatic rings. The van der Waals surface area contributed by atoms with Gasteiger partial charge in [-0.1, -0.05) is 0 Å². The zero-order chi connectivity index (χ0) is 12.5. The van der Waals surface area contributed by atoms with Crippen molar-refractivity contribution in [2.75, 3.05) is 39.6 Å². The molecule has 104 valence electrons. The highest BCUT2D eigenvalue weighted by molar-refractivity contribution is 7.98. The molecule has 0 spiro atoms. The van der Waals surface area contributed by atoms with Crippen molar-refractivity contribution >= 4 is 41.4 Å². The van der Waals surface area contributed by atoms with E-state index in [1.807, 2.05) is 17.7 Å². The third-order valence-electron chi connectivity index (χ3n) is 2.13.